The van der Waals surface area contributed by atoms with Crippen LogP contribution in [0.25, 0.3) is 0 Å². The molecular formula is C18H14ClN7O5S4. The fraction of sp³-hybridized carbons (Fsp3) is 0.278. The van der Waals surface area contributed by atoms with Gasteiger partial charge >= 0.3 is 5.97 Å². The van der Waals surface area contributed by atoms with E-state index in [-0.39, 0.29) is 33.2 Å². The first-order valence-electron chi connectivity index (χ1n) is 9.47. The van der Waals surface area contributed by atoms with Gasteiger partial charge in [-0.15, -0.1) is 28.4 Å². The number of fused-ring (bicyclic) bond motifs is 1. The molecule has 4 N–H and O–H groups in total. The smallest absolute Gasteiger partial charge is 0.352 e. The van der Waals surface area contributed by atoms with Crippen molar-refractivity contribution in [2.45, 2.75) is 15.8 Å². The third-order valence-corrected chi connectivity index (χ3v) is 8.96. The Balaban J connectivity index is 1.51. The van der Waals surface area contributed by atoms with E-state index >= 15 is 0 Å². The molecule has 35 heavy (non-hydrogen) atoms. The second-order valence-electron chi connectivity index (χ2n) is 6.70. The maximum absolute atomic E-state index is 13.0. The summed E-state index contributed by atoms with van der Waals surface area (Å²) in [5, 5.41) is 23.3. The molecule has 182 valence electrons. The van der Waals surface area contributed by atoms with Gasteiger partial charge in [-0.2, -0.15) is 0 Å². The SMILES string of the molecule is C#CCON=C(C(=O)NC1C(=O)N2C(C(=O)O)=C(CSc3nncs3)CS[C@@H]12)c1nc(N)sc1Cl. The van der Waals surface area contributed by atoms with Crippen molar-refractivity contribution in [1.82, 2.24) is 25.4 Å². The van der Waals surface area contributed by atoms with Crippen LogP contribution in [0.15, 0.2) is 26.3 Å². The highest BCUT2D eigenvalue weighted by molar-refractivity contribution is 8.01. The number of halogens is 1. The van der Waals surface area contributed by atoms with Gasteiger partial charge in [0, 0.05) is 11.5 Å². The van der Waals surface area contributed by atoms with Gasteiger partial charge in [0.2, 0.25) is 0 Å². The quantitative estimate of drug-likeness (QED) is 0.0982. The van der Waals surface area contributed by atoms with Gasteiger partial charge in [0.1, 0.15) is 32.7 Å². The van der Waals surface area contributed by atoms with Crippen molar-refractivity contribution in [1.29, 1.82) is 0 Å². The average Bonchev–Trinajstić information content (AvgIpc) is 3.46. The molecule has 2 atom stereocenters. The number of terminal acetylenes is 1. The first kappa shape index (κ1) is 25.3. The number of carbonyl (C=O) groups excluding carboxylic acids is 2. The number of thiazole rings is 1. The number of carbonyl (C=O) groups is 3. The molecule has 12 nitrogen and oxygen atoms in total. The summed E-state index contributed by atoms with van der Waals surface area (Å²) < 4.78 is 0.789. The Bertz CT molecular complexity index is 1270. The number of thioether (sulfide) groups is 2. The molecule has 2 aliphatic heterocycles. The summed E-state index contributed by atoms with van der Waals surface area (Å²) in [4.78, 5) is 48.0. The number of nitrogens with zero attached hydrogens (tertiary/aromatic N) is 5. The third kappa shape index (κ3) is 5.23. The van der Waals surface area contributed by atoms with Crippen molar-refractivity contribution >= 4 is 86.4 Å². The zero-order valence-corrected chi connectivity index (χ0v) is 21.4. The van der Waals surface area contributed by atoms with Gasteiger partial charge in [0.15, 0.2) is 21.8 Å². The minimum absolute atomic E-state index is 0.0225. The van der Waals surface area contributed by atoms with Crippen LogP contribution in [-0.2, 0) is 19.2 Å². The van der Waals surface area contributed by atoms with Crippen molar-refractivity contribution in [2.75, 3.05) is 23.8 Å². The Morgan fingerprint density at radius 3 is 2.94 bits per heavy atom. The predicted molar refractivity (Wildman–Crippen MR) is 133 cm³/mol. The Kier molecular flexibility index (Phi) is 7.82. The van der Waals surface area contributed by atoms with E-state index in [1.807, 2.05) is 0 Å². The fourth-order valence-corrected chi connectivity index (χ4v) is 7.07. The second-order valence-corrected chi connectivity index (χ2v) is 11.5. The van der Waals surface area contributed by atoms with Crippen molar-refractivity contribution in [2.24, 2.45) is 5.16 Å². The van der Waals surface area contributed by atoms with Crippen LogP contribution in [0.2, 0.25) is 4.34 Å². The zero-order valence-electron chi connectivity index (χ0n) is 17.3. The fourth-order valence-electron chi connectivity index (χ4n) is 3.17. The van der Waals surface area contributed by atoms with E-state index in [4.69, 9.17) is 28.6 Å². The number of rotatable bonds is 9. The molecule has 17 heteroatoms. The molecule has 4 heterocycles. The highest BCUT2D eigenvalue weighted by Crippen LogP contribution is 2.41. The monoisotopic (exact) mass is 571 g/mol. The summed E-state index contributed by atoms with van der Waals surface area (Å²) in [5.74, 6) is 0.308. The minimum Gasteiger partial charge on any atom is -0.477 e. The maximum atomic E-state index is 13.0. The number of nitrogens with one attached hydrogen (secondary N) is 1. The lowest BCUT2D eigenvalue weighted by molar-refractivity contribution is -0.150. The molecule has 2 aromatic rings. The Labute approximate surface area is 219 Å². The van der Waals surface area contributed by atoms with Gasteiger partial charge < -0.3 is 21.0 Å². The Hall–Kier alpha value is -2.84. The van der Waals surface area contributed by atoms with Gasteiger partial charge in [-0.3, -0.25) is 14.5 Å². The third-order valence-electron chi connectivity index (χ3n) is 4.59. The number of anilines is 1. The molecule has 0 aliphatic carbocycles. The number of hydrogen-bond acceptors (Lipinski definition) is 13. The minimum atomic E-state index is -1.23. The normalized spacial score (nSPS) is 19.6. The molecule has 1 unspecified atom stereocenters. The molecule has 0 aromatic carbocycles. The van der Waals surface area contributed by atoms with E-state index in [9.17, 15) is 19.5 Å². The molecule has 4 rings (SSSR count). The molecule has 1 saturated heterocycles. The number of carboxylic acid groups (broad SMARTS) is 1. The second kappa shape index (κ2) is 10.8. The van der Waals surface area contributed by atoms with Crippen LogP contribution in [0.1, 0.15) is 5.69 Å². The van der Waals surface area contributed by atoms with Gasteiger partial charge in [0.25, 0.3) is 11.8 Å². The molecule has 2 aliphatic rings. The Morgan fingerprint density at radius 1 is 1.51 bits per heavy atom. The van der Waals surface area contributed by atoms with E-state index in [1.165, 1.54) is 39.8 Å². The number of β-lactam (4-membered cyclic amide) rings is 1. The molecule has 1 fully saturated rings. The summed E-state index contributed by atoms with van der Waals surface area (Å²) in [7, 11) is 0. The van der Waals surface area contributed by atoms with E-state index in [1.54, 1.807) is 5.51 Å². The lowest BCUT2D eigenvalue weighted by atomic mass is 10.0. The predicted octanol–water partition coefficient (Wildman–Crippen LogP) is 1.11. The van der Waals surface area contributed by atoms with E-state index in [0.29, 0.717) is 21.4 Å². The summed E-state index contributed by atoms with van der Waals surface area (Å²) in [6.45, 7) is -0.215. The zero-order chi connectivity index (χ0) is 25.1. The topological polar surface area (TPSA) is 173 Å². The first-order valence-corrected chi connectivity index (χ1v) is 13.6. The Morgan fingerprint density at radius 2 is 2.31 bits per heavy atom. The lowest BCUT2D eigenvalue weighted by Gasteiger charge is -2.49. The number of oxime groups is 1. The van der Waals surface area contributed by atoms with Crippen molar-refractivity contribution < 1.29 is 24.3 Å². The maximum Gasteiger partial charge on any atom is 0.352 e. The summed E-state index contributed by atoms with van der Waals surface area (Å²) in [6.07, 6.45) is 5.15. The van der Waals surface area contributed by atoms with Crippen LogP contribution < -0.4 is 11.1 Å². The highest BCUT2D eigenvalue weighted by Gasteiger charge is 2.54. The standard InChI is InChI=1S/C18H14ClN7O5S4/c1-2-3-31-25-9(8-12(19)35-17(20)23-8)13(27)22-10-14(28)26-11(16(29)30)7(4-32-15(10)26)5-33-18-24-21-6-34-18/h1,6,10,15H,3-5H2,(H2,20,23)(H,22,27)(H,29,30)/t10?,15-/m0/s1. The van der Waals surface area contributed by atoms with Crippen LogP contribution in [0.5, 0.6) is 0 Å². The number of carboxylic acids is 1. The van der Waals surface area contributed by atoms with Crippen LogP contribution in [-0.4, -0.2) is 78.2 Å². The van der Waals surface area contributed by atoms with Crippen molar-refractivity contribution in [3.8, 4) is 12.3 Å². The summed E-state index contributed by atoms with van der Waals surface area (Å²) in [6, 6.07) is -0.994. The number of aliphatic carboxylic acids is 1. The molecule has 0 radical (unpaired) electrons. The average molecular weight is 572 g/mol. The van der Waals surface area contributed by atoms with Crippen LogP contribution >= 0.6 is 57.8 Å². The van der Waals surface area contributed by atoms with Crippen LogP contribution in [0.4, 0.5) is 5.13 Å². The highest BCUT2D eigenvalue weighted by atomic mass is 35.5. The first-order chi connectivity index (χ1) is 16.8. The van der Waals surface area contributed by atoms with Crippen LogP contribution in [0.3, 0.4) is 0 Å². The molecule has 2 aromatic heterocycles. The number of hydrogen-bond donors (Lipinski definition) is 3. The van der Waals surface area contributed by atoms with Gasteiger partial charge in [-0.1, -0.05) is 57.1 Å². The molecule has 0 bridgehead atoms. The van der Waals surface area contributed by atoms with E-state index in [0.717, 1.165) is 11.3 Å². The number of amides is 2. The van der Waals surface area contributed by atoms with Crippen LogP contribution in [0, 0.1) is 12.3 Å². The van der Waals surface area contributed by atoms with Crippen molar-refractivity contribution in [3.63, 3.8) is 0 Å². The van der Waals surface area contributed by atoms with E-state index < -0.39 is 29.2 Å². The molecule has 2 amide bonds. The van der Waals surface area contributed by atoms with Gasteiger partial charge in [-0.05, 0) is 5.57 Å². The molecule has 0 saturated carbocycles. The summed E-state index contributed by atoms with van der Waals surface area (Å²) in [5.41, 5.74) is 7.39. The number of nitrogen functional groups attached to an aromatic ring is 1. The van der Waals surface area contributed by atoms with Gasteiger partial charge in [-0.25, -0.2) is 9.78 Å². The van der Waals surface area contributed by atoms with Crippen molar-refractivity contribution in [3.05, 3.63) is 26.8 Å². The lowest BCUT2D eigenvalue weighted by Crippen LogP contribution is -2.71. The summed E-state index contributed by atoms with van der Waals surface area (Å²) >= 11 is 11.1. The largest absolute Gasteiger partial charge is 0.477 e. The number of aromatic nitrogens is 3. The van der Waals surface area contributed by atoms with Gasteiger partial charge in [0.05, 0.1) is 0 Å². The molecular weight excluding hydrogens is 558 g/mol. The number of nitrogens with two attached hydrogens (primary N) is 1. The molecule has 0 spiro atoms. The van der Waals surface area contributed by atoms with E-state index in [2.05, 4.69) is 31.6 Å².